The molecular weight excluding hydrogens is 266 g/mol. The molecule has 0 saturated heterocycles. The summed E-state index contributed by atoms with van der Waals surface area (Å²) in [7, 11) is 4.11. The van der Waals surface area contributed by atoms with Gasteiger partial charge in [0.05, 0.1) is 0 Å². The minimum absolute atomic E-state index is 0.0527. The largest absolute Gasteiger partial charge is 0.507 e. The van der Waals surface area contributed by atoms with Crippen LogP contribution in [-0.2, 0) is 16.6 Å². The molecule has 20 heavy (non-hydrogen) atoms. The molecule has 0 aliphatic rings. The van der Waals surface area contributed by atoms with E-state index in [1.807, 2.05) is 0 Å². The van der Waals surface area contributed by atoms with Crippen LogP contribution in [0.1, 0.15) is 58.2 Å². The monoisotopic (exact) mass is 295 g/mol. The van der Waals surface area contributed by atoms with Crippen molar-refractivity contribution in [3.63, 3.8) is 0 Å². The van der Waals surface area contributed by atoms with Gasteiger partial charge in [-0.2, -0.15) is 0 Å². The smallest absolute Gasteiger partial charge is 0.123 e. The van der Waals surface area contributed by atoms with Crippen LogP contribution in [0.4, 0.5) is 0 Å². The third kappa shape index (κ3) is 4.42. The molecule has 1 aromatic rings. The second-order valence-electron chi connectivity index (χ2n) is 7.63. The molecule has 0 bridgehead atoms. The molecular formula is C17H29NOS. The van der Waals surface area contributed by atoms with Crippen LogP contribution in [0.5, 0.6) is 5.75 Å². The van der Waals surface area contributed by atoms with Gasteiger partial charge in [-0.15, -0.1) is 0 Å². The van der Waals surface area contributed by atoms with Crippen LogP contribution in [0.15, 0.2) is 12.1 Å². The van der Waals surface area contributed by atoms with Crippen molar-refractivity contribution in [2.24, 2.45) is 0 Å². The third-order valence-corrected chi connectivity index (χ3v) is 4.25. The Balaban J connectivity index is 3.35. The van der Waals surface area contributed by atoms with E-state index in [4.69, 9.17) is 0 Å². The summed E-state index contributed by atoms with van der Waals surface area (Å²) in [4.78, 5) is 0. The van der Waals surface area contributed by atoms with E-state index in [1.54, 1.807) is 11.9 Å². The number of phenolic OH excluding ortho intramolecular Hbond substituents is 1. The van der Waals surface area contributed by atoms with Crippen molar-refractivity contribution in [2.45, 2.75) is 58.1 Å². The number of hydrogen-bond donors (Lipinski definition) is 1. The average Bonchev–Trinajstić information content (AvgIpc) is 2.24. The van der Waals surface area contributed by atoms with Crippen LogP contribution in [0.25, 0.3) is 0 Å². The fraction of sp³-hybridized carbons (Fsp3) is 0.647. The zero-order valence-corrected chi connectivity index (χ0v) is 15.0. The molecule has 0 aliphatic heterocycles. The quantitative estimate of drug-likeness (QED) is 0.818. The van der Waals surface area contributed by atoms with Crippen molar-refractivity contribution < 1.29 is 5.11 Å². The summed E-state index contributed by atoms with van der Waals surface area (Å²) in [5.74, 6) is 1.39. The summed E-state index contributed by atoms with van der Waals surface area (Å²) in [6.45, 7) is 12.9. The highest BCUT2D eigenvalue weighted by molar-refractivity contribution is 7.96. The van der Waals surface area contributed by atoms with Gasteiger partial charge in [-0.3, -0.25) is 4.31 Å². The van der Waals surface area contributed by atoms with Gasteiger partial charge in [0.25, 0.3) is 0 Å². The predicted molar refractivity (Wildman–Crippen MR) is 90.5 cm³/mol. The lowest BCUT2D eigenvalue weighted by molar-refractivity contribution is 0.423. The molecule has 3 heteroatoms. The number of benzene rings is 1. The highest BCUT2D eigenvalue weighted by Crippen LogP contribution is 2.40. The number of aromatic hydroxyl groups is 1. The van der Waals surface area contributed by atoms with Gasteiger partial charge in [0.15, 0.2) is 0 Å². The molecule has 2 nitrogen and oxygen atoms in total. The molecule has 0 amide bonds. The van der Waals surface area contributed by atoms with Gasteiger partial charge in [0.1, 0.15) is 5.75 Å². The van der Waals surface area contributed by atoms with Gasteiger partial charge in [0.2, 0.25) is 0 Å². The second-order valence-corrected chi connectivity index (χ2v) is 8.90. The normalized spacial score (nSPS) is 13.1. The van der Waals surface area contributed by atoms with Crippen molar-refractivity contribution in [3.05, 3.63) is 28.8 Å². The van der Waals surface area contributed by atoms with Crippen molar-refractivity contribution in [2.75, 3.05) is 14.1 Å². The number of phenols is 1. The van der Waals surface area contributed by atoms with Crippen LogP contribution < -0.4 is 0 Å². The maximum absolute atomic E-state index is 10.6. The Morgan fingerprint density at radius 3 is 1.65 bits per heavy atom. The van der Waals surface area contributed by atoms with Gasteiger partial charge in [-0.1, -0.05) is 65.6 Å². The Morgan fingerprint density at radius 2 is 1.35 bits per heavy atom. The summed E-state index contributed by atoms with van der Waals surface area (Å²) in [6, 6.07) is 4.31. The van der Waals surface area contributed by atoms with Crippen molar-refractivity contribution in [3.8, 4) is 5.75 Å². The molecule has 0 aliphatic carbocycles. The Hall–Kier alpha value is -0.670. The topological polar surface area (TPSA) is 23.5 Å². The first kappa shape index (κ1) is 17.4. The highest BCUT2D eigenvalue weighted by Gasteiger charge is 2.26. The Bertz CT molecular complexity index is 432. The van der Waals surface area contributed by atoms with E-state index in [2.05, 4.69) is 72.1 Å². The number of rotatable bonds is 3. The first-order valence-electron chi connectivity index (χ1n) is 7.10. The molecule has 0 fully saturated rings. The lowest BCUT2D eigenvalue weighted by Crippen LogP contribution is -2.18. The first-order valence-corrected chi connectivity index (χ1v) is 8.04. The maximum atomic E-state index is 10.6. The molecule has 1 aromatic carbocycles. The fourth-order valence-corrected chi connectivity index (χ4v) is 2.70. The standard InChI is InChI=1S/C17H29NOS/c1-16(2,3)13-9-12(11-20-18(7)8)10-14(15(13)19)17(4,5)6/h9-10,19H,11H2,1-8H3. The fourth-order valence-electron chi connectivity index (χ4n) is 2.12. The molecule has 0 radical (unpaired) electrons. The number of nitrogens with zero attached hydrogens (tertiary/aromatic N) is 1. The Labute approximate surface area is 128 Å². The zero-order valence-electron chi connectivity index (χ0n) is 14.2. The van der Waals surface area contributed by atoms with E-state index in [1.165, 1.54) is 5.56 Å². The van der Waals surface area contributed by atoms with Crippen LogP contribution in [0.3, 0.4) is 0 Å². The Morgan fingerprint density at radius 1 is 0.950 bits per heavy atom. The number of hydrogen-bond acceptors (Lipinski definition) is 3. The molecule has 0 saturated carbocycles. The first-order chi connectivity index (χ1) is 8.93. The molecule has 0 unspecified atom stereocenters. The third-order valence-electron chi connectivity index (χ3n) is 3.28. The van der Waals surface area contributed by atoms with Gasteiger partial charge in [0, 0.05) is 5.75 Å². The molecule has 1 rings (SSSR count). The maximum Gasteiger partial charge on any atom is 0.123 e. The van der Waals surface area contributed by atoms with Crippen molar-refractivity contribution in [1.82, 2.24) is 4.31 Å². The van der Waals surface area contributed by atoms with Gasteiger partial charge < -0.3 is 5.11 Å². The summed E-state index contributed by atoms with van der Waals surface area (Å²) in [6.07, 6.45) is 0. The minimum Gasteiger partial charge on any atom is -0.507 e. The van der Waals surface area contributed by atoms with Crippen LogP contribution in [0, 0.1) is 0 Å². The zero-order chi connectivity index (χ0) is 15.7. The van der Waals surface area contributed by atoms with E-state index in [9.17, 15) is 5.11 Å². The summed E-state index contributed by atoms with van der Waals surface area (Å²) in [5, 5.41) is 10.6. The molecule has 0 heterocycles. The van der Waals surface area contributed by atoms with Gasteiger partial charge in [-0.05, 0) is 41.6 Å². The highest BCUT2D eigenvalue weighted by atomic mass is 32.2. The Kier molecular flexibility index (Phi) is 5.20. The van der Waals surface area contributed by atoms with Gasteiger partial charge in [-0.25, -0.2) is 0 Å². The minimum atomic E-state index is -0.0527. The van der Waals surface area contributed by atoms with E-state index in [-0.39, 0.29) is 10.8 Å². The van der Waals surface area contributed by atoms with E-state index in [0.717, 1.165) is 16.9 Å². The lowest BCUT2D eigenvalue weighted by atomic mass is 9.78. The second kappa shape index (κ2) is 5.98. The molecule has 1 N–H and O–H groups in total. The lowest BCUT2D eigenvalue weighted by Gasteiger charge is -2.28. The molecule has 0 spiro atoms. The van der Waals surface area contributed by atoms with Crippen LogP contribution >= 0.6 is 11.9 Å². The van der Waals surface area contributed by atoms with Crippen LogP contribution in [-0.4, -0.2) is 23.5 Å². The van der Waals surface area contributed by atoms with E-state index in [0.29, 0.717) is 5.75 Å². The van der Waals surface area contributed by atoms with E-state index >= 15 is 0 Å². The van der Waals surface area contributed by atoms with Crippen LogP contribution in [0.2, 0.25) is 0 Å². The summed E-state index contributed by atoms with van der Waals surface area (Å²) < 4.78 is 2.11. The SMILES string of the molecule is CN(C)SCc1cc(C(C)(C)C)c(O)c(C(C)(C)C)c1. The summed E-state index contributed by atoms with van der Waals surface area (Å²) >= 11 is 1.78. The molecule has 0 atom stereocenters. The average molecular weight is 295 g/mol. The molecule has 0 aromatic heterocycles. The molecule has 114 valence electrons. The summed E-state index contributed by atoms with van der Waals surface area (Å²) in [5.41, 5.74) is 3.25. The van der Waals surface area contributed by atoms with Gasteiger partial charge >= 0.3 is 0 Å². The van der Waals surface area contributed by atoms with E-state index < -0.39 is 0 Å². The van der Waals surface area contributed by atoms with Crippen molar-refractivity contribution >= 4 is 11.9 Å². The predicted octanol–water partition coefficient (Wildman–Crippen LogP) is 4.70. The van der Waals surface area contributed by atoms with Crippen molar-refractivity contribution in [1.29, 1.82) is 0 Å².